The summed E-state index contributed by atoms with van der Waals surface area (Å²) in [6.07, 6.45) is -0.643. The van der Waals surface area contributed by atoms with Crippen LogP contribution in [0.3, 0.4) is 0 Å². The van der Waals surface area contributed by atoms with E-state index in [2.05, 4.69) is 26.1 Å². The van der Waals surface area contributed by atoms with Crippen molar-refractivity contribution in [1.29, 1.82) is 0 Å². The van der Waals surface area contributed by atoms with Gasteiger partial charge < -0.3 is 14.6 Å². The summed E-state index contributed by atoms with van der Waals surface area (Å²) >= 11 is 1.16. The molecule has 1 unspecified atom stereocenters. The molecule has 0 aliphatic heterocycles. The minimum absolute atomic E-state index is 0.0242. The number of benzene rings is 2. The summed E-state index contributed by atoms with van der Waals surface area (Å²) in [4.78, 5) is 24.2. The van der Waals surface area contributed by atoms with Gasteiger partial charge in [0.2, 0.25) is 0 Å². The van der Waals surface area contributed by atoms with Crippen molar-refractivity contribution >= 4 is 33.1 Å². The Balaban J connectivity index is 1.68. The maximum absolute atomic E-state index is 12.5. The Bertz CT molecular complexity index is 1030. The summed E-state index contributed by atoms with van der Waals surface area (Å²) in [6, 6.07) is 13.2. The number of anilines is 1. The molecule has 0 saturated heterocycles. The fourth-order valence-corrected chi connectivity index (χ4v) is 3.67. The Morgan fingerprint density at radius 2 is 1.81 bits per heavy atom. The number of nitrogens with zero attached hydrogens (tertiary/aromatic N) is 1. The normalized spacial score (nSPS) is 12.8. The summed E-state index contributed by atoms with van der Waals surface area (Å²) in [5, 5.41) is 2.85. The van der Waals surface area contributed by atoms with E-state index in [1.807, 2.05) is 36.4 Å². The Labute approximate surface area is 162 Å². The fraction of sp³-hybridized carbons (Fsp3) is 0.333. The molecule has 0 aliphatic rings. The van der Waals surface area contributed by atoms with Gasteiger partial charge in [0, 0.05) is 12.7 Å². The summed E-state index contributed by atoms with van der Waals surface area (Å²) in [5.41, 5.74) is 2.78. The third-order valence-corrected chi connectivity index (χ3v) is 5.46. The molecule has 27 heavy (non-hydrogen) atoms. The Morgan fingerprint density at radius 1 is 1.15 bits per heavy atom. The SMILES string of the molecule is CC(Oc1ccc(C(C)(C)C)cc1)C(=O)Nc1ccc2c(c1)sc(=O)n2C. The molecule has 6 heteroatoms. The van der Waals surface area contributed by atoms with Gasteiger partial charge in [-0.2, -0.15) is 0 Å². The number of carbonyl (C=O) groups is 1. The lowest BCUT2D eigenvalue weighted by atomic mass is 9.87. The zero-order chi connectivity index (χ0) is 19.8. The summed E-state index contributed by atoms with van der Waals surface area (Å²) in [6.45, 7) is 8.17. The predicted molar refractivity (Wildman–Crippen MR) is 111 cm³/mol. The molecule has 1 atom stereocenters. The van der Waals surface area contributed by atoms with Crippen LogP contribution in [0.1, 0.15) is 33.3 Å². The molecule has 0 radical (unpaired) electrons. The lowest BCUT2D eigenvalue weighted by molar-refractivity contribution is -0.122. The van der Waals surface area contributed by atoms with E-state index < -0.39 is 6.10 Å². The Kier molecular flexibility index (Phi) is 5.11. The van der Waals surface area contributed by atoms with Crippen LogP contribution < -0.4 is 14.9 Å². The van der Waals surface area contributed by atoms with E-state index in [9.17, 15) is 9.59 Å². The number of fused-ring (bicyclic) bond motifs is 1. The van der Waals surface area contributed by atoms with E-state index in [0.717, 1.165) is 21.6 Å². The standard InChI is InChI=1S/C21H24N2O3S/c1-13(26-16-9-6-14(7-10-16)21(2,3)4)19(24)22-15-8-11-17-18(12-15)27-20(25)23(17)5/h6-13H,1-5H3,(H,22,24). The number of hydrogen-bond acceptors (Lipinski definition) is 4. The molecule has 1 aromatic heterocycles. The molecule has 0 saturated carbocycles. The molecular weight excluding hydrogens is 360 g/mol. The van der Waals surface area contributed by atoms with Crippen LogP contribution in [0.4, 0.5) is 5.69 Å². The van der Waals surface area contributed by atoms with E-state index >= 15 is 0 Å². The fourth-order valence-electron chi connectivity index (χ4n) is 2.75. The van der Waals surface area contributed by atoms with Crippen molar-refractivity contribution in [1.82, 2.24) is 4.57 Å². The zero-order valence-corrected chi connectivity index (χ0v) is 17.0. The highest BCUT2D eigenvalue weighted by atomic mass is 32.1. The van der Waals surface area contributed by atoms with Gasteiger partial charge in [-0.15, -0.1) is 0 Å². The van der Waals surface area contributed by atoms with Crippen molar-refractivity contribution in [3.63, 3.8) is 0 Å². The minimum Gasteiger partial charge on any atom is -0.481 e. The maximum atomic E-state index is 12.5. The third-order valence-electron chi connectivity index (χ3n) is 4.46. The molecule has 3 aromatic rings. The van der Waals surface area contributed by atoms with E-state index in [0.29, 0.717) is 11.4 Å². The Hall–Kier alpha value is -2.60. The molecule has 0 fully saturated rings. The number of amides is 1. The van der Waals surface area contributed by atoms with Gasteiger partial charge in [0.25, 0.3) is 5.91 Å². The number of ether oxygens (including phenoxy) is 1. The first kappa shape index (κ1) is 19.2. The highest BCUT2D eigenvalue weighted by Crippen LogP contribution is 2.25. The molecule has 1 heterocycles. The van der Waals surface area contributed by atoms with Crippen LogP contribution in [-0.4, -0.2) is 16.6 Å². The molecule has 2 aromatic carbocycles. The van der Waals surface area contributed by atoms with E-state index in [4.69, 9.17) is 4.74 Å². The van der Waals surface area contributed by atoms with Crippen molar-refractivity contribution in [3.05, 3.63) is 57.7 Å². The number of rotatable bonds is 4. The van der Waals surface area contributed by atoms with E-state index in [1.54, 1.807) is 24.6 Å². The van der Waals surface area contributed by atoms with Gasteiger partial charge in [-0.1, -0.05) is 44.2 Å². The lowest BCUT2D eigenvalue weighted by Gasteiger charge is -2.20. The lowest BCUT2D eigenvalue weighted by Crippen LogP contribution is -2.30. The van der Waals surface area contributed by atoms with Crippen molar-refractivity contribution in [3.8, 4) is 5.75 Å². The van der Waals surface area contributed by atoms with Crippen LogP contribution in [0.2, 0.25) is 0 Å². The van der Waals surface area contributed by atoms with Gasteiger partial charge in [0.15, 0.2) is 6.10 Å². The van der Waals surface area contributed by atoms with Gasteiger partial charge in [0.05, 0.1) is 10.2 Å². The molecule has 3 rings (SSSR count). The van der Waals surface area contributed by atoms with Crippen molar-refractivity contribution in [2.75, 3.05) is 5.32 Å². The topological polar surface area (TPSA) is 60.3 Å². The highest BCUT2D eigenvalue weighted by molar-refractivity contribution is 7.16. The molecule has 1 amide bonds. The number of hydrogen-bond donors (Lipinski definition) is 1. The van der Waals surface area contributed by atoms with Crippen LogP contribution in [0.15, 0.2) is 47.3 Å². The van der Waals surface area contributed by atoms with Crippen LogP contribution in [0.25, 0.3) is 10.2 Å². The highest BCUT2D eigenvalue weighted by Gasteiger charge is 2.17. The third kappa shape index (κ3) is 4.22. The largest absolute Gasteiger partial charge is 0.481 e. The average molecular weight is 385 g/mol. The van der Waals surface area contributed by atoms with Gasteiger partial charge in [-0.05, 0) is 48.2 Å². The van der Waals surface area contributed by atoms with Crippen LogP contribution in [-0.2, 0) is 17.3 Å². The van der Waals surface area contributed by atoms with Crippen LogP contribution >= 0.6 is 11.3 Å². The second-order valence-corrected chi connectivity index (χ2v) is 8.63. The molecule has 5 nitrogen and oxygen atoms in total. The van der Waals surface area contributed by atoms with Gasteiger partial charge in [0.1, 0.15) is 5.75 Å². The second-order valence-electron chi connectivity index (χ2n) is 7.63. The molecule has 1 N–H and O–H groups in total. The van der Waals surface area contributed by atoms with Crippen LogP contribution in [0, 0.1) is 0 Å². The van der Waals surface area contributed by atoms with Gasteiger partial charge >= 0.3 is 4.87 Å². The summed E-state index contributed by atoms with van der Waals surface area (Å²) in [5.74, 6) is 0.417. The number of carbonyl (C=O) groups excluding carboxylic acids is 1. The Morgan fingerprint density at radius 3 is 2.44 bits per heavy atom. The maximum Gasteiger partial charge on any atom is 0.307 e. The monoisotopic (exact) mass is 384 g/mol. The molecule has 0 bridgehead atoms. The van der Waals surface area contributed by atoms with Crippen LogP contribution in [0.5, 0.6) is 5.75 Å². The summed E-state index contributed by atoms with van der Waals surface area (Å²) < 4.78 is 8.20. The smallest absolute Gasteiger partial charge is 0.307 e. The molecular formula is C21H24N2O3S. The van der Waals surface area contributed by atoms with Crippen molar-refractivity contribution in [2.24, 2.45) is 7.05 Å². The summed E-state index contributed by atoms with van der Waals surface area (Å²) in [7, 11) is 1.74. The van der Waals surface area contributed by atoms with Crippen molar-refractivity contribution < 1.29 is 9.53 Å². The number of aryl methyl sites for hydroxylation is 1. The quantitative estimate of drug-likeness (QED) is 0.729. The molecule has 0 spiro atoms. The average Bonchev–Trinajstić information content (AvgIpc) is 2.88. The number of nitrogens with one attached hydrogen (secondary N) is 1. The number of aromatic nitrogens is 1. The van der Waals surface area contributed by atoms with E-state index in [1.165, 1.54) is 5.56 Å². The predicted octanol–water partition coefficient (Wildman–Crippen LogP) is 4.30. The first-order chi connectivity index (χ1) is 12.6. The number of thiazole rings is 1. The first-order valence-corrected chi connectivity index (χ1v) is 9.64. The minimum atomic E-state index is -0.643. The van der Waals surface area contributed by atoms with Crippen molar-refractivity contribution in [2.45, 2.75) is 39.2 Å². The van der Waals surface area contributed by atoms with E-state index in [-0.39, 0.29) is 16.2 Å². The second kappa shape index (κ2) is 7.19. The van der Waals surface area contributed by atoms with Gasteiger partial charge in [-0.25, -0.2) is 0 Å². The molecule has 0 aliphatic carbocycles. The first-order valence-electron chi connectivity index (χ1n) is 8.83. The zero-order valence-electron chi connectivity index (χ0n) is 16.2. The molecule has 142 valence electrons. The van der Waals surface area contributed by atoms with Gasteiger partial charge in [-0.3, -0.25) is 9.59 Å².